The predicted molar refractivity (Wildman–Crippen MR) is 159 cm³/mol. The molecule has 0 aliphatic carbocycles. The van der Waals surface area contributed by atoms with Gasteiger partial charge in [0.25, 0.3) is 5.91 Å². The number of piperidine rings is 1. The van der Waals surface area contributed by atoms with Crippen molar-refractivity contribution in [2.45, 2.75) is 71.4 Å². The van der Waals surface area contributed by atoms with E-state index in [-0.39, 0.29) is 35.7 Å². The van der Waals surface area contributed by atoms with Gasteiger partial charge in [-0.05, 0) is 64.8 Å². The monoisotopic (exact) mass is 625 g/mol. The van der Waals surface area contributed by atoms with Crippen molar-refractivity contribution in [3.05, 3.63) is 29.3 Å². The minimum Gasteiger partial charge on any atom is -0.444 e. The first kappa shape index (κ1) is 34.0. The van der Waals surface area contributed by atoms with Gasteiger partial charge in [-0.1, -0.05) is 13.0 Å². The first-order chi connectivity index (χ1) is 20.5. The second kappa shape index (κ2) is 13.6. The van der Waals surface area contributed by atoms with E-state index in [4.69, 9.17) is 9.47 Å². The maximum absolute atomic E-state index is 14.0. The molecule has 0 bridgehead atoms. The second-order valence-corrected chi connectivity index (χ2v) is 13.6. The summed E-state index contributed by atoms with van der Waals surface area (Å²) in [7, 11) is 1.99. The Bertz CT molecular complexity index is 1190. The standard InChI is InChI=1S/C31H46F3N5O5/c1-21(18-35-28(42)44-29(2,3)4)27(41)39-10-8-30(9-11-39)17-25(43-20-30)26(40)36-23-7-6-22(24(16-23)31(32,33)34)19-38-14-12-37(5)13-15-38/h6-7,16,21,25H,8-15,17-20H2,1-5H3,(H,35,42)(H,36,40)/t21-,25?/m0/s1. The zero-order valence-electron chi connectivity index (χ0n) is 26.4. The molecule has 3 fully saturated rings. The van der Waals surface area contributed by atoms with Gasteiger partial charge in [0.15, 0.2) is 0 Å². The van der Waals surface area contributed by atoms with E-state index < -0.39 is 41.4 Å². The van der Waals surface area contributed by atoms with E-state index >= 15 is 0 Å². The number of halogens is 3. The lowest BCUT2D eigenvalue weighted by Crippen LogP contribution is -2.47. The van der Waals surface area contributed by atoms with Gasteiger partial charge in [-0.2, -0.15) is 13.2 Å². The number of amides is 3. The Morgan fingerprint density at radius 3 is 2.34 bits per heavy atom. The van der Waals surface area contributed by atoms with Gasteiger partial charge in [-0.15, -0.1) is 0 Å². The molecule has 246 valence electrons. The molecule has 3 aliphatic rings. The first-order valence-corrected chi connectivity index (χ1v) is 15.3. The van der Waals surface area contributed by atoms with Crippen LogP contribution in [0.5, 0.6) is 0 Å². The molecule has 0 saturated carbocycles. The summed E-state index contributed by atoms with van der Waals surface area (Å²) >= 11 is 0. The first-order valence-electron chi connectivity index (χ1n) is 15.3. The summed E-state index contributed by atoms with van der Waals surface area (Å²) in [6.45, 7) is 11.8. The van der Waals surface area contributed by atoms with Crippen molar-refractivity contribution in [1.82, 2.24) is 20.0 Å². The lowest BCUT2D eigenvalue weighted by molar-refractivity contribution is -0.138. The number of carbonyl (C=O) groups is 3. The molecule has 0 aromatic heterocycles. The highest BCUT2D eigenvalue weighted by Crippen LogP contribution is 2.42. The van der Waals surface area contributed by atoms with Gasteiger partial charge in [-0.3, -0.25) is 14.5 Å². The van der Waals surface area contributed by atoms with Gasteiger partial charge in [-0.25, -0.2) is 4.79 Å². The van der Waals surface area contributed by atoms with E-state index in [1.807, 2.05) is 11.9 Å². The lowest BCUT2D eigenvalue weighted by Gasteiger charge is -2.39. The van der Waals surface area contributed by atoms with Crippen LogP contribution in [0.2, 0.25) is 0 Å². The normalized spacial score (nSPS) is 22.1. The third-order valence-corrected chi connectivity index (χ3v) is 8.68. The van der Waals surface area contributed by atoms with Crippen LogP contribution in [0.15, 0.2) is 18.2 Å². The number of ether oxygens (including phenoxy) is 2. The molecule has 1 spiro atoms. The Balaban J connectivity index is 1.28. The number of likely N-dealkylation sites (tertiary alicyclic amines) is 1. The van der Waals surface area contributed by atoms with Crippen molar-refractivity contribution in [2.24, 2.45) is 11.3 Å². The number of piperazine rings is 1. The molecule has 3 aliphatic heterocycles. The molecule has 10 nitrogen and oxygen atoms in total. The number of nitrogens with zero attached hydrogens (tertiary/aromatic N) is 3. The van der Waals surface area contributed by atoms with E-state index in [0.717, 1.165) is 19.2 Å². The Morgan fingerprint density at radius 1 is 1.07 bits per heavy atom. The third-order valence-electron chi connectivity index (χ3n) is 8.68. The molecule has 3 saturated heterocycles. The summed E-state index contributed by atoms with van der Waals surface area (Å²) in [5.41, 5.74) is -1.38. The van der Waals surface area contributed by atoms with Crippen LogP contribution in [0, 0.1) is 11.3 Å². The highest BCUT2D eigenvalue weighted by molar-refractivity contribution is 5.94. The lowest BCUT2D eigenvalue weighted by atomic mass is 9.76. The van der Waals surface area contributed by atoms with E-state index in [9.17, 15) is 27.6 Å². The Labute approximate surface area is 257 Å². The van der Waals surface area contributed by atoms with Crippen LogP contribution in [0.3, 0.4) is 0 Å². The van der Waals surface area contributed by atoms with E-state index in [1.165, 1.54) is 12.1 Å². The van der Waals surface area contributed by atoms with Crippen molar-refractivity contribution in [3.8, 4) is 0 Å². The Morgan fingerprint density at radius 2 is 1.73 bits per heavy atom. The van der Waals surface area contributed by atoms with Crippen LogP contribution in [0.4, 0.5) is 23.7 Å². The minimum absolute atomic E-state index is 0.0688. The molecule has 0 radical (unpaired) electrons. The van der Waals surface area contributed by atoms with Gasteiger partial charge in [0.05, 0.1) is 18.1 Å². The number of likely N-dealkylation sites (N-methyl/N-ethyl adjacent to an activating group) is 1. The predicted octanol–water partition coefficient (Wildman–Crippen LogP) is 3.95. The molecule has 4 rings (SSSR count). The molecule has 44 heavy (non-hydrogen) atoms. The fourth-order valence-electron chi connectivity index (χ4n) is 5.98. The molecule has 2 N–H and O–H groups in total. The minimum atomic E-state index is -4.55. The van der Waals surface area contributed by atoms with Gasteiger partial charge < -0.3 is 29.9 Å². The Hall–Kier alpha value is -2.90. The highest BCUT2D eigenvalue weighted by atomic mass is 19.4. The molecule has 3 heterocycles. The summed E-state index contributed by atoms with van der Waals surface area (Å²) in [5, 5.41) is 5.28. The number of rotatable bonds is 7. The number of nitrogens with one attached hydrogen (secondary N) is 2. The van der Waals surface area contributed by atoms with Crippen molar-refractivity contribution < 1.29 is 37.0 Å². The topological polar surface area (TPSA) is 103 Å². The fourth-order valence-corrected chi connectivity index (χ4v) is 5.98. The van der Waals surface area contributed by atoms with Crippen molar-refractivity contribution in [1.29, 1.82) is 0 Å². The number of carbonyl (C=O) groups excluding carboxylic acids is 3. The van der Waals surface area contributed by atoms with Gasteiger partial charge in [0.2, 0.25) is 5.91 Å². The van der Waals surface area contributed by atoms with E-state index in [2.05, 4.69) is 15.5 Å². The number of alkyl carbamates (subject to hydrolysis) is 1. The van der Waals surface area contributed by atoms with Crippen LogP contribution in [0.25, 0.3) is 0 Å². The molecule has 2 atom stereocenters. The molecule has 1 aromatic carbocycles. The number of hydrogen-bond acceptors (Lipinski definition) is 7. The zero-order chi connectivity index (χ0) is 32.3. The maximum Gasteiger partial charge on any atom is 0.416 e. The molecule has 13 heteroatoms. The van der Waals surface area contributed by atoms with E-state index in [1.54, 1.807) is 32.6 Å². The quantitative estimate of drug-likeness (QED) is 0.473. The number of benzene rings is 1. The van der Waals surface area contributed by atoms with Gasteiger partial charge >= 0.3 is 12.3 Å². The largest absolute Gasteiger partial charge is 0.444 e. The van der Waals surface area contributed by atoms with Crippen LogP contribution >= 0.6 is 0 Å². The highest BCUT2D eigenvalue weighted by Gasteiger charge is 2.46. The van der Waals surface area contributed by atoms with Crippen LogP contribution < -0.4 is 10.6 Å². The number of hydrogen-bond donors (Lipinski definition) is 2. The van der Waals surface area contributed by atoms with Gasteiger partial charge in [0.1, 0.15) is 11.7 Å². The molecule has 1 unspecified atom stereocenters. The van der Waals surface area contributed by atoms with Crippen molar-refractivity contribution in [2.75, 3.05) is 64.8 Å². The third kappa shape index (κ3) is 9.07. The second-order valence-electron chi connectivity index (χ2n) is 13.6. The van der Waals surface area contributed by atoms with Crippen LogP contribution in [-0.4, -0.2) is 104 Å². The van der Waals surface area contributed by atoms with E-state index in [0.29, 0.717) is 52.0 Å². The smallest absolute Gasteiger partial charge is 0.416 e. The Kier molecular flexibility index (Phi) is 10.5. The number of alkyl halides is 3. The summed E-state index contributed by atoms with van der Waals surface area (Å²) in [6.07, 6.45) is -4.18. The fraction of sp³-hybridized carbons (Fsp3) is 0.710. The van der Waals surface area contributed by atoms with Crippen molar-refractivity contribution >= 4 is 23.6 Å². The SMILES string of the molecule is C[C@@H](CNC(=O)OC(C)(C)C)C(=O)N1CCC2(CC1)COC(C(=O)Nc1ccc(CN3CCN(C)CC3)c(C(F)(F)F)c1)C2. The average Bonchev–Trinajstić information content (AvgIpc) is 3.36. The van der Waals surface area contributed by atoms with Crippen molar-refractivity contribution in [3.63, 3.8) is 0 Å². The summed E-state index contributed by atoms with van der Waals surface area (Å²) in [5.74, 6) is -0.965. The summed E-state index contributed by atoms with van der Waals surface area (Å²) in [4.78, 5) is 43.9. The molecular weight excluding hydrogens is 579 g/mol. The molecule has 1 aromatic rings. The summed E-state index contributed by atoms with van der Waals surface area (Å²) in [6, 6.07) is 3.98. The molecular formula is C31H46F3N5O5. The maximum atomic E-state index is 14.0. The zero-order valence-corrected chi connectivity index (χ0v) is 26.4. The number of anilines is 1. The van der Waals surface area contributed by atoms with Crippen LogP contribution in [-0.2, 0) is 31.8 Å². The summed E-state index contributed by atoms with van der Waals surface area (Å²) < 4.78 is 53.0. The van der Waals surface area contributed by atoms with Gasteiger partial charge in [0, 0.05) is 63.5 Å². The van der Waals surface area contributed by atoms with Crippen LogP contribution in [0.1, 0.15) is 58.1 Å². The molecule has 3 amide bonds. The average molecular weight is 626 g/mol.